The molecule has 246 valence electrons. The van der Waals surface area contributed by atoms with E-state index in [1.54, 1.807) is 0 Å². The molecule has 0 bridgehead atoms. The van der Waals surface area contributed by atoms with Crippen molar-refractivity contribution in [1.82, 2.24) is 9.55 Å². The van der Waals surface area contributed by atoms with Gasteiger partial charge in [-0.15, -0.1) is 0 Å². The van der Waals surface area contributed by atoms with Gasteiger partial charge in [-0.25, -0.2) is 4.98 Å². The molecular weight excluding hydrogens is 641 g/mol. The molecule has 11 aromatic rings. The molecule has 2 heteroatoms. The van der Waals surface area contributed by atoms with Crippen molar-refractivity contribution in [2.75, 3.05) is 0 Å². The zero-order valence-corrected chi connectivity index (χ0v) is 28.9. The van der Waals surface area contributed by atoms with E-state index in [9.17, 15) is 0 Å². The average Bonchev–Trinajstić information content (AvgIpc) is 3.58. The Hall–Kier alpha value is -7.03. The van der Waals surface area contributed by atoms with Crippen LogP contribution in [0.4, 0.5) is 0 Å². The highest BCUT2D eigenvalue weighted by atomic mass is 15.0. The number of para-hydroxylation sites is 3. The van der Waals surface area contributed by atoms with Gasteiger partial charge in [-0.2, -0.15) is 0 Å². The number of hydrogen-bond donors (Lipinski definition) is 0. The van der Waals surface area contributed by atoms with E-state index in [4.69, 9.17) is 4.98 Å². The topological polar surface area (TPSA) is 17.8 Å². The molecule has 2 heterocycles. The maximum atomic E-state index is 5.41. The fourth-order valence-corrected chi connectivity index (χ4v) is 8.35. The minimum atomic E-state index is 0.996. The van der Waals surface area contributed by atoms with Crippen molar-refractivity contribution < 1.29 is 0 Å². The fourth-order valence-electron chi connectivity index (χ4n) is 8.35. The molecule has 0 saturated carbocycles. The van der Waals surface area contributed by atoms with Gasteiger partial charge in [0.2, 0.25) is 0 Å². The Morgan fingerprint density at radius 3 is 1.62 bits per heavy atom. The first-order chi connectivity index (χ1) is 26.3. The summed E-state index contributed by atoms with van der Waals surface area (Å²) in [5.74, 6) is 0. The Morgan fingerprint density at radius 2 is 0.868 bits per heavy atom. The summed E-state index contributed by atoms with van der Waals surface area (Å²) in [6, 6.07) is 70.4. The summed E-state index contributed by atoms with van der Waals surface area (Å²) < 4.78 is 2.42. The van der Waals surface area contributed by atoms with Crippen LogP contribution in [-0.2, 0) is 0 Å². The first kappa shape index (κ1) is 29.7. The average molecular weight is 673 g/mol. The van der Waals surface area contributed by atoms with Crippen molar-refractivity contribution in [3.05, 3.63) is 194 Å². The van der Waals surface area contributed by atoms with Crippen LogP contribution < -0.4 is 0 Å². The monoisotopic (exact) mass is 672 g/mol. The Morgan fingerprint density at radius 1 is 0.340 bits per heavy atom. The first-order valence-electron chi connectivity index (χ1n) is 18.2. The van der Waals surface area contributed by atoms with Crippen LogP contribution in [0.3, 0.4) is 0 Å². The maximum absolute atomic E-state index is 5.41. The van der Waals surface area contributed by atoms with Crippen LogP contribution in [0, 0.1) is 0 Å². The van der Waals surface area contributed by atoms with Gasteiger partial charge in [0, 0.05) is 32.8 Å². The van der Waals surface area contributed by atoms with E-state index in [1.807, 2.05) is 0 Å². The fraction of sp³-hybridized carbons (Fsp3) is 0. The molecule has 0 aliphatic carbocycles. The normalized spacial score (nSPS) is 11.8. The number of rotatable bonds is 4. The first-order valence-corrected chi connectivity index (χ1v) is 18.2. The van der Waals surface area contributed by atoms with Gasteiger partial charge in [0.15, 0.2) is 0 Å². The summed E-state index contributed by atoms with van der Waals surface area (Å²) in [7, 11) is 0. The van der Waals surface area contributed by atoms with Gasteiger partial charge in [0.05, 0.1) is 22.2 Å². The minimum Gasteiger partial charge on any atom is -0.309 e. The Labute approximate surface area is 306 Å². The van der Waals surface area contributed by atoms with Gasteiger partial charge in [-0.1, -0.05) is 152 Å². The molecule has 0 fully saturated rings. The van der Waals surface area contributed by atoms with E-state index in [-0.39, 0.29) is 0 Å². The highest BCUT2D eigenvalue weighted by Crippen LogP contribution is 2.42. The maximum Gasteiger partial charge on any atom is 0.0809 e. The van der Waals surface area contributed by atoms with Gasteiger partial charge in [-0.3, -0.25) is 0 Å². The molecule has 0 amide bonds. The van der Waals surface area contributed by atoms with Crippen molar-refractivity contribution >= 4 is 65.0 Å². The third-order valence-corrected chi connectivity index (χ3v) is 10.9. The minimum absolute atomic E-state index is 0.996. The van der Waals surface area contributed by atoms with E-state index in [2.05, 4.69) is 199 Å². The van der Waals surface area contributed by atoms with Gasteiger partial charge in [0.25, 0.3) is 0 Å². The number of aromatic nitrogens is 2. The van der Waals surface area contributed by atoms with E-state index in [1.165, 1.54) is 76.4 Å². The molecule has 0 aliphatic heterocycles. The second-order valence-corrected chi connectivity index (χ2v) is 14.0. The van der Waals surface area contributed by atoms with Gasteiger partial charge >= 0.3 is 0 Å². The van der Waals surface area contributed by atoms with Crippen molar-refractivity contribution in [3.63, 3.8) is 0 Å². The summed E-state index contributed by atoms with van der Waals surface area (Å²) in [4.78, 5) is 5.41. The molecular formula is C51H32N2. The summed E-state index contributed by atoms with van der Waals surface area (Å²) >= 11 is 0. The molecule has 9 aromatic carbocycles. The third-order valence-electron chi connectivity index (χ3n) is 10.9. The van der Waals surface area contributed by atoms with Crippen LogP contribution in [0.25, 0.3) is 104 Å². The molecule has 0 atom stereocenters. The van der Waals surface area contributed by atoms with Gasteiger partial charge in [0.1, 0.15) is 0 Å². The lowest BCUT2D eigenvalue weighted by Crippen LogP contribution is -1.97. The Balaban J connectivity index is 1.05. The molecule has 0 aliphatic rings. The van der Waals surface area contributed by atoms with Crippen molar-refractivity contribution in [1.29, 1.82) is 0 Å². The lowest BCUT2D eigenvalue weighted by molar-refractivity contribution is 1.19. The van der Waals surface area contributed by atoms with Crippen LogP contribution in [0.15, 0.2) is 194 Å². The highest BCUT2D eigenvalue weighted by Gasteiger charge is 2.20. The zero-order valence-electron chi connectivity index (χ0n) is 28.9. The molecule has 53 heavy (non-hydrogen) atoms. The molecule has 2 aromatic heterocycles. The summed E-state index contributed by atoms with van der Waals surface area (Å²) in [5, 5.41) is 11.0. The van der Waals surface area contributed by atoms with Crippen LogP contribution >= 0.6 is 0 Å². The number of fused-ring (bicyclic) bond motifs is 9. The van der Waals surface area contributed by atoms with Gasteiger partial charge < -0.3 is 4.57 Å². The molecule has 0 N–H and O–H groups in total. The van der Waals surface area contributed by atoms with Crippen LogP contribution in [0.1, 0.15) is 0 Å². The summed E-state index contributed by atoms with van der Waals surface area (Å²) in [6.45, 7) is 0. The number of hydrogen-bond acceptors (Lipinski definition) is 1. The second kappa shape index (κ2) is 11.8. The molecule has 0 unspecified atom stereocenters. The lowest BCUT2D eigenvalue weighted by atomic mass is 9.95. The smallest absolute Gasteiger partial charge is 0.0809 e. The lowest BCUT2D eigenvalue weighted by Gasteiger charge is -2.15. The summed E-state index contributed by atoms with van der Waals surface area (Å²) in [5.41, 5.74) is 11.5. The van der Waals surface area contributed by atoms with Crippen molar-refractivity contribution in [3.8, 4) is 39.2 Å². The largest absolute Gasteiger partial charge is 0.309 e. The zero-order chi connectivity index (χ0) is 34.9. The van der Waals surface area contributed by atoms with Crippen molar-refractivity contribution in [2.45, 2.75) is 0 Å². The van der Waals surface area contributed by atoms with E-state index in [0.29, 0.717) is 0 Å². The van der Waals surface area contributed by atoms with Gasteiger partial charge in [-0.05, 0) is 91.6 Å². The number of nitrogens with zero attached hydrogens (tertiary/aromatic N) is 2. The quantitative estimate of drug-likeness (QED) is 0.170. The molecule has 2 nitrogen and oxygen atoms in total. The number of pyridine rings is 1. The van der Waals surface area contributed by atoms with Crippen LogP contribution in [0.5, 0.6) is 0 Å². The van der Waals surface area contributed by atoms with E-state index in [0.717, 1.165) is 27.8 Å². The van der Waals surface area contributed by atoms with Crippen molar-refractivity contribution in [2.24, 2.45) is 0 Å². The molecule has 0 spiro atoms. The Bertz CT molecular complexity index is 3210. The predicted octanol–water partition coefficient (Wildman–Crippen LogP) is 13.8. The SMILES string of the molecule is c1ccc(-n2c3ccccc3c3ccc4c5ccccc5nc(-c5ccc(-c6ccc7cc(-c8ccc9ccccc9c8)ccc7c6)cc5)c4c32)cc1. The molecule has 11 rings (SSSR count). The molecule has 0 radical (unpaired) electrons. The van der Waals surface area contributed by atoms with E-state index < -0.39 is 0 Å². The van der Waals surface area contributed by atoms with Crippen LogP contribution in [0.2, 0.25) is 0 Å². The van der Waals surface area contributed by atoms with Crippen LogP contribution in [-0.4, -0.2) is 9.55 Å². The predicted molar refractivity (Wildman–Crippen MR) is 225 cm³/mol. The third kappa shape index (κ3) is 4.77. The number of benzene rings is 9. The second-order valence-electron chi connectivity index (χ2n) is 14.0. The van der Waals surface area contributed by atoms with E-state index >= 15 is 0 Å². The highest BCUT2D eigenvalue weighted by molar-refractivity contribution is 6.25. The summed E-state index contributed by atoms with van der Waals surface area (Å²) in [6.07, 6.45) is 0. The standard InChI is InChI=1S/C51H32N2/c1-2-12-42(13-3-1)53-48-17-9-7-15-44(48)46-29-28-45-43-14-6-8-16-47(43)52-50(49(45)51(46)53)35-21-18-34(19-22-35)37-24-25-40-32-41(27-26-39(40)31-37)38-23-20-33-10-4-5-11-36(33)30-38/h1-32H. The molecule has 0 saturated heterocycles. The Kier molecular flexibility index (Phi) is 6.59.